The molecule has 2 heterocycles. The first-order chi connectivity index (χ1) is 27.1. The summed E-state index contributed by atoms with van der Waals surface area (Å²) < 4.78 is 62.0. The van der Waals surface area contributed by atoms with Gasteiger partial charge in [-0.05, 0) is 113 Å². The van der Waals surface area contributed by atoms with Crippen LogP contribution in [0.5, 0.6) is 0 Å². The third-order valence-corrected chi connectivity index (χ3v) is 22.2. The number of carbonyl (C=O) groups excluding carboxylic acids is 2. The van der Waals surface area contributed by atoms with Crippen LogP contribution in [0.1, 0.15) is 116 Å². The van der Waals surface area contributed by atoms with Crippen LogP contribution in [0.4, 0.5) is 0 Å². The second-order valence-corrected chi connectivity index (χ2v) is 27.7. The minimum Gasteiger partial charge on any atom is -0.465 e. The number of sulfone groups is 1. The normalized spacial score (nSPS) is 24.1. The van der Waals surface area contributed by atoms with Gasteiger partial charge in [-0.25, -0.2) is 22.0 Å². The average Bonchev–Trinajstić information content (AvgIpc) is 3.72. The lowest BCUT2D eigenvalue weighted by Gasteiger charge is -2.40. The summed E-state index contributed by atoms with van der Waals surface area (Å²) in [6, 6.07) is 11.0. The molecule has 0 unspecified atom stereocenters. The summed E-state index contributed by atoms with van der Waals surface area (Å²) in [6.45, 7) is 14.7. The van der Waals surface area contributed by atoms with Gasteiger partial charge in [0.05, 0.1) is 29.9 Å². The van der Waals surface area contributed by atoms with Gasteiger partial charge in [0.15, 0.2) is 18.2 Å². The van der Waals surface area contributed by atoms with Crippen LogP contribution in [-0.2, 0) is 45.0 Å². The van der Waals surface area contributed by atoms with Gasteiger partial charge in [0.1, 0.15) is 15.0 Å². The van der Waals surface area contributed by atoms with Gasteiger partial charge in [0.2, 0.25) is 15.9 Å². The maximum Gasteiger partial charge on any atom is 0.305 e. The molecule has 4 rings (SSSR count). The fourth-order valence-corrected chi connectivity index (χ4v) is 13.7. The fraction of sp³-hybridized carbons (Fsp3) is 0.667. The quantitative estimate of drug-likeness (QED) is 0.0537. The summed E-state index contributed by atoms with van der Waals surface area (Å²) in [7, 11) is -9.95. The number of ether oxygens (including phenoxy) is 1. The van der Waals surface area contributed by atoms with Gasteiger partial charge in [0.25, 0.3) is 0 Å². The number of allylic oxidation sites excluding steroid dienone is 2. The van der Waals surface area contributed by atoms with E-state index in [0.717, 1.165) is 25.7 Å². The zero-order valence-corrected chi connectivity index (χ0v) is 38.7. The minimum absolute atomic E-state index is 0.0374. The average molecular weight is 883 g/mol. The number of hydrogen-bond acceptors (Lipinski definition) is 11. The highest BCUT2D eigenvalue weighted by molar-refractivity contribution is 7.95. The van der Waals surface area contributed by atoms with E-state index in [9.17, 15) is 36.6 Å². The number of aryl methyl sites for hydroxylation is 1. The summed E-state index contributed by atoms with van der Waals surface area (Å²) in [6.07, 6.45) is 8.67. The molecule has 0 bridgehead atoms. The van der Waals surface area contributed by atoms with Crippen molar-refractivity contribution in [3.63, 3.8) is 0 Å². The lowest BCUT2D eigenvalue weighted by atomic mass is 9.85. The summed E-state index contributed by atoms with van der Waals surface area (Å²) >= 11 is 0.605. The van der Waals surface area contributed by atoms with E-state index in [0.29, 0.717) is 37.0 Å². The summed E-state index contributed by atoms with van der Waals surface area (Å²) in [4.78, 5) is 27.3. The molecule has 2 aromatic rings. The predicted octanol–water partition coefficient (Wildman–Crippen LogP) is 7.06. The number of aliphatic hydroxyl groups is 2. The van der Waals surface area contributed by atoms with Crippen molar-refractivity contribution in [3.05, 3.63) is 59.7 Å². The van der Waals surface area contributed by atoms with E-state index in [4.69, 9.17) is 14.3 Å². The summed E-state index contributed by atoms with van der Waals surface area (Å²) in [5.41, 5.74) is 1.53. The zero-order chi connectivity index (χ0) is 43.1. The van der Waals surface area contributed by atoms with Crippen molar-refractivity contribution in [1.82, 2.24) is 4.90 Å². The number of esters is 1. The molecule has 1 amide bonds. The Hall–Kier alpha value is -2.44. The Labute approximate surface area is 351 Å². The highest BCUT2D eigenvalue weighted by atomic mass is 32.3. The van der Waals surface area contributed by atoms with Crippen LogP contribution in [0.25, 0.3) is 0 Å². The third kappa shape index (κ3) is 12.6. The first kappa shape index (κ1) is 48.2. The first-order valence-electron chi connectivity index (χ1n) is 20.6. The van der Waals surface area contributed by atoms with Crippen molar-refractivity contribution in [3.8, 4) is 0 Å². The molecule has 0 radical (unpaired) electrons. The molecule has 1 saturated carbocycles. The monoisotopic (exact) mass is 882 g/mol. The van der Waals surface area contributed by atoms with Crippen LogP contribution < -0.4 is 5.14 Å². The number of nitrogens with two attached hydrogens (primary N) is 1. The van der Waals surface area contributed by atoms with Gasteiger partial charge in [0, 0.05) is 24.6 Å². The van der Waals surface area contributed by atoms with Crippen LogP contribution in [0.3, 0.4) is 0 Å². The number of nitrogens with zero attached hydrogens (tertiary/aromatic N) is 1. The number of hydrogen-bond donors (Lipinski definition) is 3. The standard InChI is InChI=1S/C42H66N2O10S3Si/c1-8-44(35-26-29(2)56(49,50)41-34(35)27-40(55-41)57(43,51)52)38(47)24-25-53-39(48)19-15-10-9-14-18-32-33(37(46)28-36(32)45)23-22-31(54-58(6,7)42(3,4)5)21-20-30-16-12-11-13-17-30/h9,11-14,16-17,27,29,31-33,35-37,45-46H,8,10,15,18-26,28H2,1-7H3,(H2,43,51,52)/b14-9-/t29-,31+,32+,33+,35-,36-,37+/m0/s1. The van der Waals surface area contributed by atoms with Gasteiger partial charge in [-0.2, -0.15) is 0 Å². The fourth-order valence-electron chi connectivity index (χ4n) is 7.89. The molecule has 1 aromatic heterocycles. The van der Waals surface area contributed by atoms with Crippen LogP contribution in [0.2, 0.25) is 18.1 Å². The Kier molecular flexibility index (Phi) is 17.0. The van der Waals surface area contributed by atoms with E-state index in [-0.39, 0.29) is 75.3 Å². The van der Waals surface area contributed by atoms with Crippen molar-refractivity contribution < 1.29 is 45.8 Å². The van der Waals surface area contributed by atoms with E-state index in [1.165, 1.54) is 23.5 Å². The molecule has 7 atom stereocenters. The van der Waals surface area contributed by atoms with Gasteiger partial charge in [-0.3, -0.25) is 9.59 Å². The zero-order valence-electron chi connectivity index (χ0n) is 35.3. The Bertz CT molecular complexity index is 1930. The Morgan fingerprint density at radius 2 is 1.72 bits per heavy atom. The Morgan fingerprint density at radius 3 is 2.36 bits per heavy atom. The molecule has 1 aliphatic carbocycles. The molecular formula is C42H66N2O10S3Si. The number of unbranched alkanes of at least 4 members (excludes halogenated alkanes) is 1. The maximum absolute atomic E-state index is 13.3. The number of fused-ring (bicyclic) bond motifs is 1. The predicted molar refractivity (Wildman–Crippen MR) is 230 cm³/mol. The Morgan fingerprint density at radius 1 is 1.05 bits per heavy atom. The molecule has 1 aromatic carbocycles. The molecule has 2 aliphatic rings. The second kappa shape index (κ2) is 20.4. The van der Waals surface area contributed by atoms with E-state index >= 15 is 0 Å². The molecule has 326 valence electrons. The summed E-state index contributed by atoms with van der Waals surface area (Å²) in [5.74, 6) is -0.880. The van der Waals surface area contributed by atoms with Crippen LogP contribution in [0, 0.1) is 11.8 Å². The van der Waals surface area contributed by atoms with Crippen molar-refractivity contribution in [2.24, 2.45) is 17.0 Å². The van der Waals surface area contributed by atoms with Gasteiger partial charge in [-0.1, -0.05) is 63.3 Å². The highest BCUT2D eigenvalue weighted by Crippen LogP contribution is 2.45. The molecular weight excluding hydrogens is 817 g/mol. The topological polar surface area (TPSA) is 191 Å². The van der Waals surface area contributed by atoms with Crippen molar-refractivity contribution in [2.45, 2.75) is 161 Å². The van der Waals surface area contributed by atoms with Gasteiger partial charge in [-0.15, -0.1) is 11.3 Å². The molecule has 0 spiro atoms. The number of primary sulfonamides is 1. The number of carbonyl (C=O) groups is 2. The van der Waals surface area contributed by atoms with E-state index < -0.39 is 57.6 Å². The van der Waals surface area contributed by atoms with Crippen LogP contribution in [-0.4, -0.2) is 88.9 Å². The molecule has 0 saturated heterocycles. The van der Waals surface area contributed by atoms with Gasteiger partial charge >= 0.3 is 5.97 Å². The largest absolute Gasteiger partial charge is 0.465 e. The summed E-state index contributed by atoms with van der Waals surface area (Å²) in [5, 5.41) is 26.4. The lowest BCUT2D eigenvalue weighted by molar-refractivity contribution is -0.145. The molecule has 16 heteroatoms. The van der Waals surface area contributed by atoms with Crippen LogP contribution >= 0.6 is 11.3 Å². The van der Waals surface area contributed by atoms with Crippen molar-refractivity contribution in [2.75, 3.05) is 13.2 Å². The highest BCUT2D eigenvalue weighted by Gasteiger charge is 2.44. The number of sulfonamides is 1. The first-order valence-corrected chi connectivity index (χ1v) is 27.5. The smallest absolute Gasteiger partial charge is 0.305 e. The second-order valence-electron chi connectivity index (χ2n) is 17.5. The SMILES string of the molecule is CCN(C(=O)CCOC(=O)CCC/C=C\C[C@@H]1[C@@H](CC[C@@H](CCc2ccccc2)O[Si](C)(C)C(C)(C)C)[C@H](O)C[C@@H]1O)[C@H]1C[C@H](C)S(=O)(=O)c2sc(S(N)(=O)=O)cc21. The van der Waals surface area contributed by atoms with Crippen molar-refractivity contribution in [1.29, 1.82) is 0 Å². The number of amides is 1. The molecule has 4 N–H and O–H groups in total. The maximum atomic E-state index is 13.3. The van der Waals surface area contributed by atoms with Gasteiger partial charge < -0.3 is 24.3 Å². The minimum atomic E-state index is -4.14. The number of aliphatic hydroxyl groups excluding tert-OH is 2. The molecule has 58 heavy (non-hydrogen) atoms. The van der Waals surface area contributed by atoms with E-state index in [2.05, 4.69) is 58.1 Å². The number of rotatable bonds is 20. The third-order valence-electron chi connectivity index (χ3n) is 12.3. The molecule has 12 nitrogen and oxygen atoms in total. The molecule has 1 fully saturated rings. The van der Waals surface area contributed by atoms with E-state index in [1.54, 1.807) is 6.92 Å². The molecule has 1 aliphatic heterocycles. The van der Waals surface area contributed by atoms with Crippen LogP contribution in [0.15, 0.2) is 57.0 Å². The number of benzene rings is 1. The Balaban J connectivity index is 1.23. The lowest BCUT2D eigenvalue weighted by Crippen LogP contribution is -2.44. The number of thiophene rings is 1. The van der Waals surface area contributed by atoms with E-state index in [1.807, 2.05) is 18.2 Å². The van der Waals surface area contributed by atoms with Crippen molar-refractivity contribution >= 4 is 51.4 Å².